The van der Waals surface area contributed by atoms with Gasteiger partial charge in [-0.3, -0.25) is 0 Å². The van der Waals surface area contributed by atoms with Crippen molar-refractivity contribution in [1.82, 2.24) is 0 Å². The fraction of sp³-hybridized carbons (Fsp3) is 0.182. The molecule has 3 rings (SSSR count). The largest absolute Gasteiger partial charge is 0.491 e. The summed E-state index contributed by atoms with van der Waals surface area (Å²) in [4.78, 5) is 3.96. The molecule has 0 amide bonds. The zero-order chi connectivity index (χ0) is 16.1. The highest BCUT2D eigenvalue weighted by molar-refractivity contribution is 7.97. The van der Waals surface area contributed by atoms with Gasteiger partial charge in [-0.25, -0.2) is 0 Å². The molecule has 0 aromatic heterocycles. The minimum absolute atomic E-state index is 0. The van der Waals surface area contributed by atoms with E-state index in [4.69, 9.17) is 4.74 Å². The van der Waals surface area contributed by atoms with Gasteiger partial charge in [-0.1, -0.05) is 43.8 Å². The van der Waals surface area contributed by atoms with Crippen molar-refractivity contribution in [2.24, 2.45) is 0 Å². The Labute approximate surface area is 148 Å². The molecule has 0 unspecified atom stereocenters. The van der Waals surface area contributed by atoms with E-state index in [1.807, 2.05) is 13.8 Å². The molecule has 3 aromatic carbocycles. The molecule has 0 aliphatic heterocycles. The van der Waals surface area contributed by atoms with Crippen molar-refractivity contribution in [3.05, 3.63) is 84.9 Å². The Morgan fingerprint density at radius 3 is 1.46 bits per heavy atom. The summed E-state index contributed by atoms with van der Waals surface area (Å²) < 4.78 is 5.76. The predicted octanol–water partition coefficient (Wildman–Crippen LogP) is 6.21. The molecular formula is C22H25OS+. The fourth-order valence-electron chi connectivity index (χ4n) is 2.45. The van der Waals surface area contributed by atoms with Crippen LogP contribution in [0, 0.1) is 0 Å². The monoisotopic (exact) mass is 337 g/mol. The van der Waals surface area contributed by atoms with E-state index in [9.17, 15) is 0 Å². The van der Waals surface area contributed by atoms with Gasteiger partial charge in [-0.05, 0) is 62.4 Å². The Kier molecular flexibility index (Phi) is 6.51. The lowest BCUT2D eigenvalue weighted by atomic mass is 10.3. The number of ether oxygens (including phenoxy) is 1. The number of rotatable bonds is 5. The Morgan fingerprint density at radius 1 is 0.625 bits per heavy atom. The van der Waals surface area contributed by atoms with Gasteiger partial charge in [-0.2, -0.15) is 0 Å². The normalized spacial score (nSPS) is 10.5. The first-order valence-corrected chi connectivity index (χ1v) is 9.07. The summed E-state index contributed by atoms with van der Waals surface area (Å²) in [7, 11) is -0.0911. The van der Waals surface area contributed by atoms with Crippen LogP contribution in [0.4, 0.5) is 0 Å². The smallest absolute Gasteiger partial charge is 0.166 e. The van der Waals surface area contributed by atoms with E-state index >= 15 is 0 Å². The molecule has 0 saturated carbocycles. The van der Waals surface area contributed by atoms with Gasteiger partial charge in [0.1, 0.15) is 5.75 Å². The zero-order valence-corrected chi connectivity index (χ0v) is 14.3. The lowest BCUT2D eigenvalue weighted by molar-refractivity contribution is 0.242. The molecular weight excluding hydrogens is 312 g/mol. The third-order valence-corrected chi connectivity index (χ3v) is 5.62. The van der Waals surface area contributed by atoms with Crippen LogP contribution in [0.2, 0.25) is 0 Å². The maximum Gasteiger partial charge on any atom is 0.166 e. The summed E-state index contributed by atoms with van der Waals surface area (Å²) in [6.45, 7) is 4.10. The van der Waals surface area contributed by atoms with Crippen LogP contribution in [0.15, 0.2) is 99.6 Å². The highest BCUT2D eigenvalue weighted by Crippen LogP contribution is 2.31. The van der Waals surface area contributed by atoms with Crippen molar-refractivity contribution in [2.45, 2.75) is 42.1 Å². The molecule has 124 valence electrons. The Balaban J connectivity index is 0.00000208. The minimum Gasteiger partial charge on any atom is -0.491 e. The van der Waals surface area contributed by atoms with Crippen LogP contribution in [0.25, 0.3) is 0 Å². The summed E-state index contributed by atoms with van der Waals surface area (Å²) in [6.07, 6.45) is 0.197. The van der Waals surface area contributed by atoms with Crippen molar-refractivity contribution in [2.75, 3.05) is 0 Å². The highest BCUT2D eigenvalue weighted by Gasteiger charge is 2.28. The van der Waals surface area contributed by atoms with Crippen molar-refractivity contribution >= 4 is 10.9 Å². The molecule has 0 N–H and O–H groups in total. The quantitative estimate of drug-likeness (QED) is 0.503. The van der Waals surface area contributed by atoms with E-state index < -0.39 is 0 Å². The Bertz CT molecular complexity index is 681. The molecule has 0 bridgehead atoms. The van der Waals surface area contributed by atoms with E-state index in [2.05, 4.69) is 84.9 Å². The first-order valence-electron chi connectivity index (χ1n) is 7.85. The van der Waals surface area contributed by atoms with Gasteiger partial charge in [0.2, 0.25) is 0 Å². The molecule has 0 atom stereocenters. The summed E-state index contributed by atoms with van der Waals surface area (Å²) in [5.41, 5.74) is 0. The van der Waals surface area contributed by atoms with Gasteiger partial charge >= 0.3 is 0 Å². The van der Waals surface area contributed by atoms with Crippen LogP contribution >= 0.6 is 0 Å². The molecule has 24 heavy (non-hydrogen) atoms. The Hall–Kier alpha value is -2.19. The zero-order valence-electron chi connectivity index (χ0n) is 13.5. The van der Waals surface area contributed by atoms with Crippen molar-refractivity contribution in [1.29, 1.82) is 0 Å². The molecule has 1 nitrogen and oxygen atoms in total. The first kappa shape index (κ1) is 18.2. The molecule has 0 fully saturated rings. The lowest BCUT2D eigenvalue weighted by Gasteiger charge is -2.11. The van der Waals surface area contributed by atoms with Crippen LogP contribution in [-0.2, 0) is 10.9 Å². The fourth-order valence-corrected chi connectivity index (χ4v) is 4.53. The first-order chi connectivity index (χ1) is 11.2. The molecule has 0 aliphatic carbocycles. The lowest BCUT2D eigenvalue weighted by Crippen LogP contribution is -2.07. The molecule has 3 aromatic rings. The van der Waals surface area contributed by atoms with Gasteiger partial charge in [0.25, 0.3) is 0 Å². The molecule has 0 spiro atoms. The average Bonchev–Trinajstić information content (AvgIpc) is 2.58. The van der Waals surface area contributed by atoms with Gasteiger partial charge in [-0.15, -0.1) is 0 Å². The van der Waals surface area contributed by atoms with Crippen LogP contribution < -0.4 is 4.74 Å². The van der Waals surface area contributed by atoms with E-state index in [0.29, 0.717) is 0 Å². The van der Waals surface area contributed by atoms with E-state index in [-0.39, 0.29) is 24.4 Å². The van der Waals surface area contributed by atoms with E-state index in [1.54, 1.807) is 0 Å². The number of hydrogen-bond donors (Lipinski definition) is 0. The maximum absolute atomic E-state index is 5.76. The van der Waals surface area contributed by atoms with Crippen molar-refractivity contribution in [3.63, 3.8) is 0 Å². The van der Waals surface area contributed by atoms with Gasteiger partial charge in [0.05, 0.1) is 17.0 Å². The van der Waals surface area contributed by atoms with Crippen LogP contribution in [-0.4, -0.2) is 6.10 Å². The summed E-state index contributed by atoms with van der Waals surface area (Å²) in [5.74, 6) is 0.924. The minimum atomic E-state index is -0.0911. The van der Waals surface area contributed by atoms with Gasteiger partial charge < -0.3 is 4.74 Å². The van der Waals surface area contributed by atoms with Crippen LogP contribution in [0.3, 0.4) is 0 Å². The van der Waals surface area contributed by atoms with Gasteiger partial charge in [0, 0.05) is 0 Å². The molecule has 0 aliphatic rings. The number of hydrogen-bond acceptors (Lipinski definition) is 1. The van der Waals surface area contributed by atoms with Crippen molar-refractivity contribution < 1.29 is 4.74 Å². The topological polar surface area (TPSA) is 9.23 Å². The van der Waals surface area contributed by atoms with Crippen LogP contribution in [0.5, 0.6) is 5.75 Å². The maximum atomic E-state index is 5.76. The summed E-state index contributed by atoms with van der Waals surface area (Å²) >= 11 is 0. The van der Waals surface area contributed by atoms with Crippen LogP contribution in [0.1, 0.15) is 21.3 Å². The second kappa shape index (κ2) is 8.60. The second-order valence-electron chi connectivity index (χ2n) is 5.57. The van der Waals surface area contributed by atoms with E-state index in [1.165, 1.54) is 14.7 Å². The van der Waals surface area contributed by atoms with Gasteiger partial charge in [0.15, 0.2) is 14.7 Å². The van der Waals surface area contributed by atoms with Crippen molar-refractivity contribution in [3.8, 4) is 5.75 Å². The number of benzene rings is 3. The summed E-state index contributed by atoms with van der Waals surface area (Å²) in [5, 5.41) is 0. The average molecular weight is 338 g/mol. The Morgan fingerprint density at radius 2 is 1.04 bits per heavy atom. The predicted molar refractivity (Wildman–Crippen MR) is 104 cm³/mol. The molecule has 2 heteroatoms. The molecule has 0 radical (unpaired) electrons. The standard InChI is InChI=1S/C21H21OS.CH4/c1-17(2)22-18-13-15-21(16-14-18)23(19-9-5-3-6-10-19)20-11-7-4-8-12-20;/h3-17H,1-2H3;1H4/q+1;. The van der Waals surface area contributed by atoms with E-state index in [0.717, 1.165) is 5.75 Å². The second-order valence-corrected chi connectivity index (χ2v) is 7.60. The molecule has 0 saturated heterocycles. The summed E-state index contributed by atoms with van der Waals surface area (Å²) in [6, 6.07) is 29.9. The highest BCUT2D eigenvalue weighted by atomic mass is 32.2. The third kappa shape index (κ3) is 4.42. The SMILES string of the molecule is C.CC(C)Oc1ccc([S+](c2ccccc2)c2ccccc2)cc1. The molecule has 0 heterocycles. The third-order valence-electron chi connectivity index (χ3n) is 3.39.